The molecule has 1 N–H and O–H groups in total. The monoisotopic (exact) mass is 261 g/mol. The highest BCUT2D eigenvalue weighted by Gasteiger charge is 2.19. The number of nitrogens with zero attached hydrogens (tertiary/aromatic N) is 3. The van der Waals surface area contributed by atoms with Crippen LogP contribution < -0.4 is 0 Å². The van der Waals surface area contributed by atoms with Crippen LogP contribution in [-0.2, 0) is 19.4 Å². The van der Waals surface area contributed by atoms with E-state index in [1.807, 2.05) is 0 Å². The lowest BCUT2D eigenvalue weighted by Crippen LogP contribution is -2.10. The minimum atomic E-state index is 0.762. The normalized spacial score (nSPS) is 15.1. The number of thiophene rings is 1. The van der Waals surface area contributed by atoms with Crippen molar-refractivity contribution in [3.8, 4) is 0 Å². The third kappa shape index (κ3) is 2.06. The van der Waals surface area contributed by atoms with E-state index in [2.05, 4.69) is 32.2 Å². The second-order valence-corrected chi connectivity index (χ2v) is 5.51. The van der Waals surface area contributed by atoms with Crippen molar-refractivity contribution in [2.24, 2.45) is 5.16 Å². The van der Waals surface area contributed by atoms with E-state index in [0.29, 0.717) is 0 Å². The largest absolute Gasteiger partial charge is 0.411 e. The van der Waals surface area contributed by atoms with Gasteiger partial charge in [0.2, 0.25) is 0 Å². The maximum atomic E-state index is 8.75. The third-order valence-corrected chi connectivity index (χ3v) is 4.19. The molecule has 2 aromatic heterocycles. The molecule has 0 amide bonds. The van der Waals surface area contributed by atoms with E-state index in [1.54, 1.807) is 11.3 Å². The molecule has 0 radical (unpaired) electrons. The Hall–Kier alpha value is -1.62. The second kappa shape index (κ2) is 4.94. The molecular formula is C13H15N3OS. The fourth-order valence-corrected chi connectivity index (χ4v) is 3.20. The highest BCUT2D eigenvalue weighted by atomic mass is 32.1. The Labute approximate surface area is 110 Å². The Morgan fingerprint density at radius 2 is 2.33 bits per heavy atom. The Balaban J connectivity index is 2.01. The topological polar surface area (TPSA) is 50.4 Å². The molecule has 3 rings (SSSR count). The molecule has 0 saturated heterocycles. The number of oxime groups is 1. The van der Waals surface area contributed by atoms with Gasteiger partial charge in [-0.25, -0.2) is 4.98 Å². The van der Waals surface area contributed by atoms with Gasteiger partial charge in [0.15, 0.2) is 5.82 Å². The smallest absolute Gasteiger partial charge is 0.155 e. The number of aryl methyl sites for hydroxylation is 1. The lowest BCUT2D eigenvalue weighted by molar-refractivity contribution is 0.321. The van der Waals surface area contributed by atoms with Crippen LogP contribution in [0.2, 0.25) is 0 Å². The average Bonchev–Trinajstić information content (AvgIpc) is 3.00. The van der Waals surface area contributed by atoms with E-state index in [0.717, 1.165) is 25.2 Å². The number of hydrogen-bond donors (Lipinski definition) is 1. The summed E-state index contributed by atoms with van der Waals surface area (Å²) in [7, 11) is 0. The summed E-state index contributed by atoms with van der Waals surface area (Å²) >= 11 is 1.74. The Kier molecular flexibility index (Phi) is 3.15. The average molecular weight is 261 g/mol. The van der Waals surface area contributed by atoms with Crippen molar-refractivity contribution in [3.05, 3.63) is 39.6 Å². The number of aromatic nitrogens is 2. The van der Waals surface area contributed by atoms with Crippen molar-refractivity contribution >= 4 is 17.6 Å². The van der Waals surface area contributed by atoms with Gasteiger partial charge in [0, 0.05) is 10.6 Å². The SMILES string of the molecule is O/N=C/c1nc2c(n1Cc1cccs1)CCCC2. The van der Waals surface area contributed by atoms with E-state index in [-0.39, 0.29) is 0 Å². The van der Waals surface area contributed by atoms with Gasteiger partial charge in [-0.05, 0) is 37.1 Å². The first-order valence-electron chi connectivity index (χ1n) is 6.16. The molecule has 0 saturated carbocycles. The molecule has 94 valence electrons. The minimum Gasteiger partial charge on any atom is -0.411 e. The molecule has 0 atom stereocenters. The fourth-order valence-electron chi connectivity index (χ4n) is 2.51. The third-order valence-electron chi connectivity index (χ3n) is 3.33. The van der Waals surface area contributed by atoms with E-state index in [9.17, 15) is 0 Å². The van der Waals surface area contributed by atoms with Crippen LogP contribution in [0.5, 0.6) is 0 Å². The zero-order chi connectivity index (χ0) is 12.4. The summed E-state index contributed by atoms with van der Waals surface area (Å²) in [6.07, 6.45) is 5.98. The van der Waals surface area contributed by atoms with Gasteiger partial charge in [0.05, 0.1) is 12.2 Å². The van der Waals surface area contributed by atoms with Crippen molar-refractivity contribution in [3.63, 3.8) is 0 Å². The van der Waals surface area contributed by atoms with Crippen molar-refractivity contribution in [1.82, 2.24) is 9.55 Å². The molecule has 1 aliphatic rings. The van der Waals surface area contributed by atoms with Gasteiger partial charge in [-0.1, -0.05) is 11.2 Å². The standard InChI is InChI=1S/C13H15N3OS/c17-14-8-13-15-11-5-1-2-6-12(11)16(13)9-10-4-3-7-18-10/h3-4,7-8,17H,1-2,5-6,9H2/b14-8+. The van der Waals surface area contributed by atoms with Crippen molar-refractivity contribution in [2.45, 2.75) is 32.2 Å². The Bertz CT molecular complexity index is 557. The molecule has 1 aliphatic carbocycles. The van der Waals surface area contributed by atoms with Gasteiger partial charge in [-0.3, -0.25) is 0 Å². The molecule has 0 aromatic carbocycles. The van der Waals surface area contributed by atoms with Gasteiger partial charge in [-0.2, -0.15) is 0 Å². The first-order valence-corrected chi connectivity index (χ1v) is 7.04. The van der Waals surface area contributed by atoms with Gasteiger partial charge in [0.25, 0.3) is 0 Å². The molecule has 0 spiro atoms. The molecule has 0 aliphatic heterocycles. The summed E-state index contributed by atoms with van der Waals surface area (Å²) in [6.45, 7) is 0.821. The molecule has 2 aromatic rings. The van der Waals surface area contributed by atoms with Gasteiger partial charge in [0.1, 0.15) is 6.21 Å². The second-order valence-electron chi connectivity index (χ2n) is 4.48. The first kappa shape index (κ1) is 11.5. The predicted molar refractivity (Wildman–Crippen MR) is 71.7 cm³/mol. The lowest BCUT2D eigenvalue weighted by Gasteiger charge is -2.13. The highest BCUT2D eigenvalue weighted by Crippen LogP contribution is 2.23. The maximum Gasteiger partial charge on any atom is 0.155 e. The fraction of sp³-hybridized carbons (Fsp3) is 0.385. The summed E-state index contributed by atoms with van der Waals surface area (Å²) < 4.78 is 2.18. The van der Waals surface area contributed by atoms with E-state index >= 15 is 0 Å². The molecular weight excluding hydrogens is 246 g/mol. The number of rotatable bonds is 3. The molecule has 0 fully saturated rings. The maximum absolute atomic E-state index is 8.75. The van der Waals surface area contributed by atoms with Crippen LogP contribution in [0.25, 0.3) is 0 Å². The molecule has 0 bridgehead atoms. The van der Waals surface area contributed by atoms with Crippen LogP contribution in [0.1, 0.15) is 34.9 Å². The lowest BCUT2D eigenvalue weighted by atomic mass is 10.0. The summed E-state index contributed by atoms with van der Waals surface area (Å²) in [4.78, 5) is 5.88. The van der Waals surface area contributed by atoms with Crippen molar-refractivity contribution in [2.75, 3.05) is 0 Å². The van der Waals surface area contributed by atoms with E-state index in [4.69, 9.17) is 5.21 Å². The molecule has 0 unspecified atom stereocenters. The summed E-state index contributed by atoms with van der Waals surface area (Å²) in [5, 5.41) is 14.0. The predicted octanol–water partition coefficient (Wildman–Crippen LogP) is 2.68. The quantitative estimate of drug-likeness (QED) is 0.524. The van der Waals surface area contributed by atoms with Crippen LogP contribution in [0.4, 0.5) is 0 Å². The number of imidazole rings is 1. The van der Waals surface area contributed by atoms with Gasteiger partial charge in [-0.15, -0.1) is 11.3 Å². The highest BCUT2D eigenvalue weighted by molar-refractivity contribution is 7.09. The van der Waals surface area contributed by atoms with Gasteiger partial charge >= 0.3 is 0 Å². The van der Waals surface area contributed by atoms with Crippen LogP contribution in [-0.4, -0.2) is 21.0 Å². The van der Waals surface area contributed by atoms with Crippen LogP contribution in [0.15, 0.2) is 22.7 Å². The number of hydrogen-bond acceptors (Lipinski definition) is 4. The zero-order valence-corrected chi connectivity index (χ0v) is 10.9. The summed E-state index contributed by atoms with van der Waals surface area (Å²) in [5.41, 5.74) is 2.48. The molecule has 4 nitrogen and oxygen atoms in total. The van der Waals surface area contributed by atoms with E-state index < -0.39 is 0 Å². The Morgan fingerprint density at radius 3 is 3.11 bits per heavy atom. The molecule has 5 heteroatoms. The van der Waals surface area contributed by atoms with Crippen molar-refractivity contribution in [1.29, 1.82) is 0 Å². The van der Waals surface area contributed by atoms with E-state index in [1.165, 1.54) is 35.3 Å². The summed E-state index contributed by atoms with van der Waals surface area (Å²) in [5.74, 6) is 0.762. The molecule has 2 heterocycles. The molecule has 18 heavy (non-hydrogen) atoms. The number of fused-ring (bicyclic) bond motifs is 1. The van der Waals surface area contributed by atoms with Crippen LogP contribution >= 0.6 is 11.3 Å². The van der Waals surface area contributed by atoms with Crippen molar-refractivity contribution < 1.29 is 5.21 Å². The van der Waals surface area contributed by atoms with Crippen LogP contribution in [0, 0.1) is 0 Å². The minimum absolute atomic E-state index is 0.762. The zero-order valence-electron chi connectivity index (χ0n) is 10.0. The summed E-state index contributed by atoms with van der Waals surface area (Å²) in [6, 6.07) is 4.18. The first-order chi connectivity index (χ1) is 8.88. The van der Waals surface area contributed by atoms with Crippen LogP contribution in [0.3, 0.4) is 0 Å². The Morgan fingerprint density at radius 1 is 1.44 bits per heavy atom. The van der Waals surface area contributed by atoms with Gasteiger partial charge < -0.3 is 9.77 Å².